The fourth-order valence-corrected chi connectivity index (χ4v) is 2.75. The lowest BCUT2D eigenvalue weighted by molar-refractivity contribution is 0.0372. The molecule has 0 fully saturated rings. The van der Waals surface area contributed by atoms with Gasteiger partial charge in [0.15, 0.2) is 11.5 Å². The first-order valence-corrected chi connectivity index (χ1v) is 9.15. The van der Waals surface area contributed by atoms with E-state index in [1.165, 1.54) is 0 Å². The van der Waals surface area contributed by atoms with Crippen LogP contribution in [0.25, 0.3) is 11.0 Å². The molecule has 3 aromatic rings. The summed E-state index contributed by atoms with van der Waals surface area (Å²) in [5.74, 6) is -0.110. The second kappa shape index (κ2) is 7.41. The molecule has 1 heterocycles. The van der Waals surface area contributed by atoms with Gasteiger partial charge in [0.2, 0.25) is 0 Å². The van der Waals surface area contributed by atoms with Gasteiger partial charge in [-0.15, -0.1) is 0 Å². The minimum Gasteiger partial charge on any atom is -0.458 e. The van der Waals surface area contributed by atoms with Crippen molar-refractivity contribution in [1.29, 1.82) is 0 Å². The summed E-state index contributed by atoms with van der Waals surface area (Å²) >= 11 is 3.41. The molecular formula is C20H20BrN3O2. The molecule has 0 amide bonds. The van der Waals surface area contributed by atoms with Gasteiger partial charge in [-0.05, 0) is 75.2 Å². The van der Waals surface area contributed by atoms with Crippen molar-refractivity contribution >= 4 is 44.4 Å². The van der Waals surface area contributed by atoms with Crippen molar-refractivity contribution in [3.05, 3.63) is 57.7 Å². The molecule has 0 radical (unpaired) electrons. The van der Waals surface area contributed by atoms with Gasteiger partial charge in [0, 0.05) is 10.2 Å². The SMILES string of the molecule is Cc1cc2nc(Nc3ccc(Br)cc3)c(C(=O)OC(C)C)nc2cc1C. The molecule has 0 aliphatic carbocycles. The molecule has 1 N–H and O–H groups in total. The van der Waals surface area contributed by atoms with Gasteiger partial charge >= 0.3 is 5.97 Å². The predicted molar refractivity (Wildman–Crippen MR) is 107 cm³/mol. The lowest BCUT2D eigenvalue weighted by Gasteiger charge is -2.14. The number of carbonyl (C=O) groups is 1. The lowest BCUT2D eigenvalue weighted by Crippen LogP contribution is -2.16. The van der Waals surface area contributed by atoms with Crippen LogP contribution >= 0.6 is 15.9 Å². The molecule has 0 spiro atoms. The van der Waals surface area contributed by atoms with Crippen molar-refractivity contribution in [3.63, 3.8) is 0 Å². The largest absolute Gasteiger partial charge is 0.458 e. The standard InChI is InChI=1S/C20H20BrN3O2/c1-11(2)26-20(25)18-19(22-15-7-5-14(21)6-8-15)24-17-10-13(4)12(3)9-16(17)23-18/h5-11H,1-4H3,(H,22,24). The number of hydrogen-bond acceptors (Lipinski definition) is 5. The number of ether oxygens (including phenoxy) is 1. The van der Waals surface area contributed by atoms with E-state index in [9.17, 15) is 4.79 Å². The predicted octanol–water partition coefficient (Wildman–Crippen LogP) is 5.32. The molecule has 0 aliphatic rings. The first-order valence-electron chi connectivity index (χ1n) is 8.36. The molecule has 5 nitrogen and oxygen atoms in total. The molecule has 1 aromatic heterocycles. The summed E-state index contributed by atoms with van der Waals surface area (Å²) in [5.41, 5.74) is 4.61. The zero-order chi connectivity index (χ0) is 18.8. The smallest absolute Gasteiger partial charge is 0.361 e. The van der Waals surface area contributed by atoms with Gasteiger partial charge in [0.1, 0.15) is 0 Å². The molecule has 0 unspecified atom stereocenters. The Morgan fingerprint density at radius 1 is 1.04 bits per heavy atom. The number of anilines is 2. The number of benzene rings is 2. The number of rotatable bonds is 4. The molecule has 0 saturated heterocycles. The third-order valence-electron chi connectivity index (χ3n) is 3.92. The molecule has 0 atom stereocenters. The zero-order valence-electron chi connectivity index (χ0n) is 15.1. The fourth-order valence-electron chi connectivity index (χ4n) is 2.48. The Morgan fingerprint density at radius 3 is 2.19 bits per heavy atom. The number of aryl methyl sites for hydroxylation is 2. The number of halogens is 1. The van der Waals surface area contributed by atoms with Crippen LogP contribution in [0.5, 0.6) is 0 Å². The summed E-state index contributed by atoms with van der Waals surface area (Å²) in [6.45, 7) is 7.65. The summed E-state index contributed by atoms with van der Waals surface area (Å²) in [5, 5.41) is 3.18. The summed E-state index contributed by atoms with van der Waals surface area (Å²) in [6, 6.07) is 11.5. The molecule has 0 aliphatic heterocycles. The monoisotopic (exact) mass is 413 g/mol. The van der Waals surface area contributed by atoms with E-state index in [2.05, 4.69) is 31.2 Å². The minimum atomic E-state index is -0.493. The first-order chi connectivity index (χ1) is 12.3. The van der Waals surface area contributed by atoms with E-state index in [1.807, 2.05) is 64.1 Å². The maximum Gasteiger partial charge on any atom is 0.361 e. The summed E-state index contributed by atoms with van der Waals surface area (Å²) in [7, 11) is 0. The van der Waals surface area contributed by atoms with Gasteiger partial charge in [0.25, 0.3) is 0 Å². The molecular weight excluding hydrogens is 394 g/mol. The lowest BCUT2D eigenvalue weighted by atomic mass is 10.1. The van der Waals surface area contributed by atoms with Crippen molar-refractivity contribution in [3.8, 4) is 0 Å². The number of nitrogens with one attached hydrogen (secondary N) is 1. The maximum absolute atomic E-state index is 12.5. The van der Waals surface area contributed by atoms with Crippen molar-refractivity contribution in [1.82, 2.24) is 9.97 Å². The van der Waals surface area contributed by atoms with Crippen molar-refractivity contribution in [2.45, 2.75) is 33.8 Å². The third kappa shape index (κ3) is 4.02. The van der Waals surface area contributed by atoms with Gasteiger partial charge in [-0.3, -0.25) is 0 Å². The van der Waals surface area contributed by atoms with Gasteiger partial charge in [-0.25, -0.2) is 14.8 Å². The zero-order valence-corrected chi connectivity index (χ0v) is 16.7. The molecule has 3 rings (SSSR count). The second-order valence-electron chi connectivity index (χ2n) is 6.43. The quantitative estimate of drug-likeness (QED) is 0.586. The molecule has 0 saturated carbocycles. The van der Waals surface area contributed by atoms with Crippen LogP contribution in [0, 0.1) is 13.8 Å². The minimum absolute atomic E-state index is 0.178. The summed E-state index contributed by atoms with van der Waals surface area (Å²) in [6.07, 6.45) is -0.236. The highest BCUT2D eigenvalue weighted by molar-refractivity contribution is 9.10. The summed E-state index contributed by atoms with van der Waals surface area (Å²) < 4.78 is 6.32. The molecule has 6 heteroatoms. The van der Waals surface area contributed by atoms with E-state index in [0.717, 1.165) is 26.8 Å². The van der Waals surface area contributed by atoms with E-state index in [-0.39, 0.29) is 11.8 Å². The van der Waals surface area contributed by atoms with Crippen LogP contribution in [-0.2, 0) is 4.74 Å². The van der Waals surface area contributed by atoms with Crippen LogP contribution < -0.4 is 5.32 Å². The van der Waals surface area contributed by atoms with Crippen molar-refractivity contribution < 1.29 is 9.53 Å². The van der Waals surface area contributed by atoms with Gasteiger partial charge in [0.05, 0.1) is 17.1 Å². The van der Waals surface area contributed by atoms with E-state index in [1.54, 1.807) is 0 Å². The molecule has 26 heavy (non-hydrogen) atoms. The molecule has 134 valence electrons. The highest BCUT2D eigenvalue weighted by Crippen LogP contribution is 2.25. The van der Waals surface area contributed by atoms with Crippen molar-refractivity contribution in [2.24, 2.45) is 0 Å². The Kier molecular flexibility index (Phi) is 5.23. The van der Waals surface area contributed by atoms with Crippen LogP contribution in [0.3, 0.4) is 0 Å². The summed E-state index contributed by atoms with van der Waals surface area (Å²) in [4.78, 5) is 21.7. The average molecular weight is 414 g/mol. The number of hydrogen-bond donors (Lipinski definition) is 1. The van der Waals surface area contributed by atoms with E-state index >= 15 is 0 Å². The Hall–Kier alpha value is -2.47. The fraction of sp³-hybridized carbons (Fsp3) is 0.250. The Balaban J connectivity index is 2.11. The molecule has 0 bridgehead atoms. The van der Waals surface area contributed by atoms with Gasteiger partial charge in [-0.1, -0.05) is 15.9 Å². The van der Waals surface area contributed by atoms with Gasteiger partial charge in [-0.2, -0.15) is 0 Å². The Morgan fingerprint density at radius 2 is 1.62 bits per heavy atom. The maximum atomic E-state index is 12.5. The van der Waals surface area contributed by atoms with Crippen LogP contribution in [0.4, 0.5) is 11.5 Å². The number of nitrogens with zero attached hydrogens (tertiary/aromatic N) is 2. The van der Waals surface area contributed by atoms with E-state index in [0.29, 0.717) is 11.3 Å². The van der Waals surface area contributed by atoms with E-state index < -0.39 is 5.97 Å². The number of fused-ring (bicyclic) bond motifs is 1. The first kappa shape index (κ1) is 18.3. The van der Waals surface area contributed by atoms with Crippen LogP contribution in [0.1, 0.15) is 35.5 Å². The van der Waals surface area contributed by atoms with Crippen LogP contribution in [0.15, 0.2) is 40.9 Å². The van der Waals surface area contributed by atoms with Crippen molar-refractivity contribution in [2.75, 3.05) is 5.32 Å². The van der Waals surface area contributed by atoms with Crippen LogP contribution in [0.2, 0.25) is 0 Å². The highest BCUT2D eigenvalue weighted by Gasteiger charge is 2.20. The molecule has 2 aromatic carbocycles. The van der Waals surface area contributed by atoms with E-state index in [4.69, 9.17) is 4.74 Å². The average Bonchev–Trinajstić information content (AvgIpc) is 2.57. The Bertz CT molecular complexity index is 969. The topological polar surface area (TPSA) is 64.1 Å². The third-order valence-corrected chi connectivity index (χ3v) is 4.45. The number of aromatic nitrogens is 2. The number of carbonyl (C=O) groups excluding carboxylic acids is 1. The highest BCUT2D eigenvalue weighted by atomic mass is 79.9. The Labute approximate surface area is 160 Å². The van der Waals surface area contributed by atoms with Gasteiger partial charge < -0.3 is 10.1 Å². The number of esters is 1. The second-order valence-corrected chi connectivity index (χ2v) is 7.35. The normalized spacial score (nSPS) is 11.0. The van der Waals surface area contributed by atoms with Crippen LogP contribution in [-0.4, -0.2) is 22.0 Å².